The fraction of sp³-hybridized carbons (Fsp3) is 1.00. The second kappa shape index (κ2) is 8.46. The van der Waals surface area contributed by atoms with E-state index < -0.39 is 10.2 Å². The summed E-state index contributed by atoms with van der Waals surface area (Å²) >= 11 is 0. The van der Waals surface area contributed by atoms with Crippen LogP contribution in [0.5, 0.6) is 0 Å². The van der Waals surface area contributed by atoms with Crippen LogP contribution < -0.4 is 10.0 Å². The lowest BCUT2D eigenvalue weighted by molar-refractivity contribution is 0.266. The van der Waals surface area contributed by atoms with Gasteiger partial charge in [0.1, 0.15) is 0 Å². The van der Waals surface area contributed by atoms with E-state index in [0.29, 0.717) is 25.6 Å². The molecule has 0 unspecified atom stereocenters. The Labute approximate surface area is 130 Å². The second-order valence-corrected chi connectivity index (χ2v) is 8.24. The molecular weight excluding hydrogens is 286 g/mol. The first kappa shape index (κ1) is 17.2. The van der Waals surface area contributed by atoms with Crippen molar-refractivity contribution in [2.45, 2.75) is 51.9 Å². The van der Waals surface area contributed by atoms with Gasteiger partial charge in [0.2, 0.25) is 0 Å². The molecule has 0 aromatic heterocycles. The maximum atomic E-state index is 12.3. The van der Waals surface area contributed by atoms with Crippen LogP contribution in [0, 0.1) is 11.8 Å². The number of hydrogen-bond acceptors (Lipinski definition) is 3. The molecule has 0 spiro atoms. The minimum Gasteiger partial charge on any atom is -0.317 e. The molecule has 6 heteroatoms. The molecule has 1 saturated heterocycles. The smallest absolute Gasteiger partial charge is 0.279 e. The van der Waals surface area contributed by atoms with Crippen molar-refractivity contribution in [3.05, 3.63) is 0 Å². The lowest BCUT2D eigenvalue weighted by Crippen LogP contribution is -2.46. The Bertz CT molecular complexity index is 386. The van der Waals surface area contributed by atoms with E-state index in [2.05, 4.69) is 17.0 Å². The van der Waals surface area contributed by atoms with Crippen molar-refractivity contribution in [3.63, 3.8) is 0 Å². The van der Waals surface area contributed by atoms with Gasteiger partial charge >= 0.3 is 0 Å². The largest absolute Gasteiger partial charge is 0.317 e. The molecule has 0 amide bonds. The number of nitrogens with one attached hydrogen (secondary N) is 2. The fourth-order valence-corrected chi connectivity index (χ4v) is 4.73. The monoisotopic (exact) mass is 317 g/mol. The molecule has 1 aliphatic heterocycles. The highest BCUT2D eigenvalue weighted by Gasteiger charge is 2.27. The lowest BCUT2D eigenvalue weighted by Gasteiger charge is -2.31. The van der Waals surface area contributed by atoms with Crippen molar-refractivity contribution >= 4 is 10.2 Å². The average molecular weight is 317 g/mol. The van der Waals surface area contributed by atoms with Gasteiger partial charge in [-0.1, -0.05) is 32.6 Å². The Morgan fingerprint density at radius 3 is 2.33 bits per heavy atom. The van der Waals surface area contributed by atoms with Crippen molar-refractivity contribution in [2.24, 2.45) is 11.8 Å². The van der Waals surface area contributed by atoms with Gasteiger partial charge in [-0.05, 0) is 44.2 Å². The highest BCUT2D eigenvalue weighted by atomic mass is 32.2. The summed E-state index contributed by atoms with van der Waals surface area (Å²) in [6.45, 7) is 6.03. The molecule has 2 N–H and O–H groups in total. The Kier molecular flexibility index (Phi) is 6.92. The van der Waals surface area contributed by atoms with Crippen LogP contribution in [-0.4, -0.2) is 45.4 Å². The normalized spacial score (nSPS) is 22.9. The Morgan fingerprint density at radius 2 is 1.71 bits per heavy atom. The van der Waals surface area contributed by atoms with E-state index in [1.807, 2.05) is 0 Å². The number of rotatable bonds is 8. The molecule has 0 bridgehead atoms. The molecule has 2 rings (SSSR count). The quantitative estimate of drug-likeness (QED) is 0.716. The second-order valence-electron chi connectivity index (χ2n) is 6.49. The highest BCUT2D eigenvalue weighted by molar-refractivity contribution is 7.87. The summed E-state index contributed by atoms with van der Waals surface area (Å²) in [4.78, 5) is 0. The van der Waals surface area contributed by atoms with Crippen LogP contribution in [0.25, 0.3) is 0 Å². The Hall–Kier alpha value is -0.170. The third-order valence-electron chi connectivity index (χ3n) is 4.91. The summed E-state index contributed by atoms with van der Waals surface area (Å²) in [5.74, 6) is 1.36. The van der Waals surface area contributed by atoms with Gasteiger partial charge in [-0.25, -0.2) is 4.72 Å². The first-order chi connectivity index (χ1) is 10.1. The SMILES string of the molecule is CCNCC1CCN(S(=O)(=O)NCCC2CCCC2)CC1. The van der Waals surface area contributed by atoms with E-state index in [1.54, 1.807) is 4.31 Å². The third kappa shape index (κ3) is 5.51. The molecule has 124 valence electrons. The fourth-order valence-electron chi connectivity index (χ4n) is 3.48. The van der Waals surface area contributed by atoms with Crippen LogP contribution in [0.15, 0.2) is 0 Å². The maximum absolute atomic E-state index is 12.3. The first-order valence-corrected chi connectivity index (χ1v) is 10.0. The van der Waals surface area contributed by atoms with Gasteiger partial charge in [0.05, 0.1) is 0 Å². The van der Waals surface area contributed by atoms with E-state index in [4.69, 9.17) is 0 Å². The lowest BCUT2D eigenvalue weighted by atomic mass is 9.98. The Balaban J connectivity index is 1.68. The van der Waals surface area contributed by atoms with E-state index in [0.717, 1.165) is 38.3 Å². The summed E-state index contributed by atoms with van der Waals surface area (Å²) in [7, 11) is -3.26. The molecule has 1 saturated carbocycles. The molecule has 0 aromatic rings. The van der Waals surface area contributed by atoms with Crippen LogP contribution in [0.4, 0.5) is 0 Å². The molecule has 5 nitrogen and oxygen atoms in total. The minimum atomic E-state index is -3.26. The van der Waals surface area contributed by atoms with Gasteiger partial charge in [-0.3, -0.25) is 0 Å². The predicted octanol–water partition coefficient (Wildman–Crippen LogP) is 1.72. The summed E-state index contributed by atoms with van der Waals surface area (Å²) < 4.78 is 29.0. The zero-order valence-corrected chi connectivity index (χ0v) is 14.1. The molecule has 0 radical (unpaired) electrons. The predicted molar refractivity (Wildman–Crippen MR) is 86.3 cm³/mol. The van der Waals surface area contributed by atoms with Crippen LogP contribution in [0.3, 0.4) is 0 Å². The molecule has 2 fully saturated rings. The minimum absolute atomic E-state index is 0.602. The van der Waals surface area contributed by atoms with Gasteiger partial charge in [-0.2, -0.15) is 12.7 Å². The van der Waals surface area contributed by atoms with Crippen LogP contribution in [0.1, 0.15) is 51.9 Å². The summed E-state index contributed by atoms with van der Waals surface area (Å²) in [6.07, 6.45) is 8.12. The van der Waals surface area contributed by atoms with Gasteiger partial charge in [0.15, 0.2) is 0 Å². The van der Waals surface area contributed by atoms with Crippen molar-refractivity contribution < 1.29 is 8.42 Å². The van der Waals surface area contributed by atoms with Crippen molar-refractivity contribution in [2.75, 3.05) is 32.7 Å². The number of piperidine rings is 1. The van der Waals surface area contributed by atoms with Crippen LogP contribution in [0.2, 0.25) is 0 Å². The molecule has 0 aromatic carbocycles. The first-order valence-electron chi connectivity index (χ1n) is 8.57. The summed E-state index contributed by atoms with van der Waals surface area (Å²) in [5, 5.41) is 3.35. The number of hydrogen-bond donors (Lipinski definition) is 2. The van der Waals surface area contributed by atoms with Crippen molar-refractivity contribution in [1.82, 2.24) is 14.3 Å². The van der Waals surface area contributed by atoms with Gasteiger partial charge in [-0.15, -0.1) is 0 Å². The zero-order chi connectivity index (χ0) is 15.1. The standard InChI is InChI=1S/C15H31N3O2S/c1-2-16-13-15-8-11-18(12-9-15)21(19,20)17-10-7-14-5-3-4-6-14/h14-17H,2-13H2,1H3. The van der Waals surface area contributed by atoms with Crippen molar-refractivity contribution in [3.8, 4) is 0 Å². The summed E-state index contributed by atoms with van der Waals surface area (Å²) in [6, 6.07) is 0. The average Bonchev–Trinajstić information content (AvgIpc) is 2.98. The van der Waals surface area contributed by atoms with E-state index >= 15 is 0 Å². The molecule has 2 aliphatic rings. The van der Waals surface area contributed by atoms with Crippen LogP contribution >= 0.6 is 0 Å². The van der Waals surface area contributed by atoms with Gasteiger partial charge in [0, 0.05) is 19.6 Å². The zero-order valence-electron chi connectivity index (χ0n) is 13.3. The van der Waals surface area contributed by atoms with Crippen molar-refractivity contribution in [1.29, 1.82) is 0 Å². The molecule has 21 heavy (non-hydrogen) atoms. The Morgan fingerprint density at radius 1 is 1.05 bits per heavy atom. The highest BCUT2D eigenvalue weighted by Crippen LogP contribution is 2.27. The maximum Gasteiger partial charge on any atom is 0.279 e. The third-order valence-corrected chi connectivity index (χ3v) is 6.52. The van der Waals surface area contributed by atoms with E-state index in [1.165, 1.54) is 25.7 Å². The molecular formula is C15H31N3O2S. The summed E-state index contributed by atoms with van der Waals surface area (Å²) in [5.41, 5.74) is 0. The molecule has 1 heterocycles. The molecule has 0 atom stereocenters. The topological polar surface area (TPSA) is 61.4 Å². The van der Waals surface area contributed by atoms with Gasteiger partial charge < -0.3 is 5.32 Å². The van der Waals surface area contributed by atoms with Gasteiger partial charge in [0.25, 0.3) is 10.2 Å². The van der Waals surface area contributed by atoms with Crippen LogP contribution in [-0.2, 0) is 10.2 Å². The number of nitrogens with zero attached hydrogens (tertiary/aromatic N) is 1. The van der Waals surface area contributed by atoms with E-state index in [9.17, 15) is 8.42 Å². The van der Waals surface area contributed by atoms with E-state index in [-0.39, 0.29) is 0 Å². The molecule has 1 aliphatic carbocycles.